The molecule has 0 spiro atoms. The molecule has 2 aromatic rings. The van der Waals surface area contributed by atoms with Gasteiger partial charge in [-0.05, 0) is 54.6 Å². The van der Waals surface area contributed by atoms with E-state index in [1.807, 2.05) is 25.1 Å². The van der Waals surface area contributed by atoms with E-state index in [4.69, 9.17) is 16.3 Å². The number of thiophene rings is 1. The molecule has 0 saturated heterocycles. The Morgan fingerprint density at radius 2 is 2.05 bits per heavy atom. The van der Waals surface area contributed by atoms with Crippen molar-refractivity contribution in [2.45, 2.75) is 20.4 Å². The molecule has 1 aromatic carbocycles. The fourth-order valence-corrected chi connectivity index (χ4v) is 2.73. The highest BCUT2D eigenvalue weighted by atomic mass is 35.5. The first-order valence-corrected chi connectivity index (χ1v) is 7.55. The molecule has 0 aliphatic rings. The standard InChI is InChI=1S/C15H18ClNOS/c1-11-5-8-19-15(11)10-17-6-7-18-13-3-4-14(16)12(2)9-13/h3-5,8-9,17H,6-7,10H2,1-2H3. The maximum atomic E-state index is 5.97. The predicted molar refractivity (Wildman–Crippen MR) is 82.4 cm³/mol. The van der Waals surface area contributed by atoms with E-state index >= 15 is 0 Å². The first kappa shape index (κ1) is 14.4. The normalized spacial score (nSPS) is 10.7. The van der Waals surface area contributed by atoms with Gasteiger partial charge in [0, 0.05) is 23.0 Å². The zero-order valence-electron chi connectivity index (χ0n) is 11.2. The van der Waals surface area contributed by atoms with Gasteiger partial charge in [-0.15, -0.1) is 11.3 Å². The average molecular weight is 296 g/mol. The minimum Gasteiger partial charge on any atom is -0.492 e. The van der Waals surface area contributed by atoms with Crippen LogP contribution < -0.4 is 10.1 Å². The van der Waals surface area contributed by atoms with E-state index in [-0.39, 0.29) is 0 Å². The van der Waals surface area contributed by atoms with Crippen LogP contribution in [0.2, 0.25) is 5.02 Å². The molecule has 2 rings (SSSR count). The number of hydrogen-bond acceptors (Lipinski definition) is 3. The highest BCUT2D eigenvalue weighted by Gasteiger charge is 2.00. The monoisotopic (exact) mass is 295 g/mol. The number of nitrogens with one attached hydrogen (secondary N) is 1. The summed E-state index contributed by atoms with van der Waals surface area (Å²) < 4.78 is 5.67. The number of aryl methyl sites for hydroxylation is 2. The average Bonchev–Trinajstić information content (AvgIpc) is 2.79. The Morgan fingerprint density at radius 1 is 1.21 bits per heavy atom. The Kier molecular flexibility index (Phi) is 5.25. The van der Waals surface area contributed by atoms with Crippen molar-refractivity contribution < 1.29 is 4.74 Å². The van der Waals surface area contributed by atoms with Gasteiger partial charge < -0.3 is 10.1 Å². The molecule has 102 valence electrons. The lowest BCUT2D eigenvalue weighted by molar-refractivity contribution is 0.313. The first-order chi connectivity index (χ1) is 9.16. The Labute approximate surface area is 123 Å². The second kappa shape index (κ2) is 6.94. The summed E-state index contributed by atoms with van der Waals surface area (Å²) in [7, 11) is 0. The third-order valence-electron chi connectivity index (χ3n) is 2.93. The molecule has 0 amide bonds. The zero-order chi connectivity index (χ0) is 13.7. The molecule has 0 fully saturated rings. The molecule has 0 radical (unpaired) electrons. The summed E-state index contributed by atoms with van der Waals surface area (Å²) in [6, 6.07) is 7.88. The van der Waals surface area contributed by atoms with Crippen LogP contribution in [-0.4, -0.2) is 13.2 Å². The third-order valence-corrected chi connectivity index (χ3v) is 4.38. The van der Waals surface area contributed by atoms with E-state index in [0.29, 0.717) is 6.61 Å². The van der Waals surface area contributed by atoms with Crippen LogP contribution in [-0.2, 0) is 6.54 Å². The van der Waals surface area contributed by atoms with Gasteiger partial charge in [0.25, 0.3) is 0 Å². The molecular weight excluding hydrogens is 278 g/mol. The van der Waals surface area contributed by atoms with Gasteiger partial charge in [-0.2, -0.15) is 0 Å². The topological polar surface area (TPSA) is 21.3 Å². The molecular formula is C15H18ClNOS. The summed E-state index contributed by atoms with van der Waals surface area (Å²) in [5, 5.41) is 6.29. The van der Waals surface area contributed by atoms with Gasteiger partial charge in [0.2, 0.25) is 0 Å². The molecule has 1 N–H and O–H groups in total. The van der Waals surface area contributed by atoms with E-state index in [1.54, 1.807) is 11.3 Å². The molecule has 0 aliphatic heterocycles. The molecule has 0 unspecified atom stereocenters. The van der Waals surface area contributed by atoms with Crippen LogP contribution in [0.15, 0.2) is 29.6 Å². The van der Waals surface area contributed by atoms with E-state index < -0.39 is 0 Å². The van der Waals surface area contributed by atoms with Crippen molar-refractivity contribution in [2.75, 3.05) is 13.2 Å². The van der Waals surface area contributed by atoms with E-state index in [2.05, 4.69) is 23.7 Å². The van der Waals surface area contributed by atoms with Crippen LogP contribution in [0.1, 0.15) is 16.0 Å². The van der Waals surface area contributed by atoms with Crippen molar-refractivity contribution in [3.05, 3.63) is 50.7 Å². The van der Waals surface area contributed by atoms with Gasteiger partial charge in [0.05, 0.1) is 0 Å². The van der Waals surface area contributed by atoms with Gasteiger partial charge in [-0.25, -0.2) is 0 Å². The van der Waals surface area contributed by atoms with Gasteiger partial charge in [0.1, 0.15) is 12.4 Å². The van der Waals surface area contributed by atoms with Gasteiger partial charge in [-0.1, -0.05) is 11.6 Å². The minimum absolute atomic E-state index is 0.658. The SMILES string of the molecule is Cc1cc(OCCNCc2sccc2C)ccc1Cl. The van der Waals surface area contributed by atoms with Crippen LogP contribution in [0.3, 0.4) is 0 Å². The number of rotatable bonds is 6. The van der Waals surface area contributed by atoms with Crippen LogP contribution >= 0.6 is 22.9 Å². The second-order valence-electron chi connectivity index (χ2n) is 4.46. The lowest BCUT2D eigenvalue weighted by atomic mass is 10.2. The minimum atomic E-state index is 0.658. The number of ether oxygens (including phenoxy) is 1. The summed E-state index contributed by atoms with van der Waals surface area (Å²) in [5.74, 6) is 0.871. The Balaban J connectivity index is 1.69. The van der Waals surface area contributed by atoms with E-state index in [9.17, 15) is 0 Å². The maximum absolute atomic E-state index is 5.97. The van der Waals surface area contributed by atoms with Crippen molar-refractivity contribution in [1.29, 1.82) is 0 Å². The summed E-state index contributed by atoms with van der Waals surface area (Å²) >= 11 is 7.76. The molecule has 0 atom stereocenters. The first-order valence-electron chi connectivity index (χ1n) is 6.29. The summed E-state index contributed by atoms with van der Waals surface area (Å²) in [6.07, 6.45) is 0. The summed E-state index contributed by atoms with van der Waals surface area (Å²) in [6.45, 7) is 6.52. The molecule has 0 bridgehead atoms. The van der Waals surface area contributed by atoms with E-state index in [0.717, 1.165) is 29.4 Å². The van der Waals surface area contributed by atoms with Crippen molar-refractivity contribution in [2.24, 2.45) is 0 Å². The molecule has 1 aromatic heterocycles. The molecule has 19 heavy (non-hydrogen) atoms. The largest absolute Gasteiger partial charge is 0.492 e. The van der Waals surface area contributed by atoms with Crippen LogP contribution in [0.5, 0.6) is 5.75 Å². The Hall–Kier alpha value is -1.03. The quantitative estimate of drug-likeness (QED) is 0.807. The fraction of sp³-hybridized carbons (Fsp3) is 0.333. The van der Waals surface area contributed by atoms with Crippen molar-refractivity contribution in [3.63, 3.8) is 0 Å². The van der Waals surface area contributed by atoms with Crippen LogP contribution in [0, 0.1) is 13.8 Å². The van der Waals surface area contributed by atoms with Crippen LogP contribution in [0.25, 0.3) is 0 Å². The number of hydrogen-bond donors (Lipinski definition) is 1. The van der Waals surface area contributed by atoms with Crippen molar-refractivity contribution in [3.8, 4) is 5.75 Å². The molecule has 2 nitrogen and oxygen atoms in total. The third kappa shape index (κ3) is 4.23. The smallest absolute Gasteiger partial charge is 0.119 e. The van der Waals surface area contributed by atoms with Gasteiger partial charge in [-0.3, -0.25) is 0 Å². The molecule has 4 heteroatoms. The Bertz CT molecular complexity index is 539. The highest BCUT2D eigenvalue weighted by molar-refractivity contribution is 7.10. The molecule has 0 aliphatic carbocycles. The predicted octanol–water partition coefficient (Wildman–Crippen LogP) is 4.19. The molecule has 0 saturated carbocycles. The second-order valence-corrected chi connectivity index (χ2v) is 5.87. The van der Waals surface area contributed by atoms with Gasteiger partial charge >= 0.3 is 0 Å². The number of halogens is 1. The zero-order valence-corrected chi connectivity index (χ0v) is 12.8. The van der Waals surface area contributed by atoms with Crippen molar-refractivity contribution in [1.82, 2.24) is 5.32 Å². The van der Waals surface area contributed by atoms with E-state index in [1.165, 1.54) is 10.4 Å². The lowest BCUT2D eigenvalue weighted by Gasteiger charge is -2.08. The van der Waals surface area contributed by atoms with Crippen molar-refractivity contribution >= 4 is 22.9 Å². The highest BCUT2D eigenvalue weighted by Crippen LogP contribution is 2.20. The summed E-state index contributed by atoms with van der Waals surface area (Å²) in [4.78, 5) is 1.39. The Morgan fingerprint density at radius 3 is 2.74 bits per heavy atom. The summed E-state index contributed by atoms with van der Waals surface area (Å²) in [5.41, 5.74) is 2.40. The van der Waals surface area contributed by atoms with Gasteiger partial charge in [0.15, 0.2) is 0 Å². The fourth-order valence-electron chi connectivity index (χ4n) is 1.74. The number of benzene rings is 1. The van der Waals surface area contributed by atoms with Crippen LogP contribution in [0.4, 0.5) is 0 Å². The lowest BCUT2D eigenvalue weighted by Crippen LogP contribution is -2.20. The maximum Gasteiger partial charge on any atom is 0.119 e. The molecule has 1 heterocycles.